The first-order valence-electron chi connectivity index (χ1n) is 5.09. The van der Waals surface area contributed by atoms with Crippen LogP contribution in [0.1, 0.15) is 23.5 Å². The quantitative estimate of drug-likeness (QED) is 0.700. The average molecular weight is 201 g/mol. The Hall–Kier alpha value is -1.69. The molecule has 0 saturated heterocycles. The monoisotopic (exact) mass is 201 g/mol. The van der Waals surface area contributed by atoms with E-state index in [4.69, 9.17) is 14.7 Å². The highest BCUT2D eigenvalue weighted by Gasteiger charge is 2.40. The van der Waals surface area contributed by atoms with Gasteiger partial charge in [0.2, 0.25) is 6.79 Å². The fourth-order valence-corrected chi connectivity index (χ4v) is 2.14. The van der Waals surface area contributed by atoms with Crippen molar-refractivity contribution in [2.45, 2.75) is 19.3 Å². The van der Waals surface area contributed by atoms with Crippen molar-refractivity contribution in [2.75, 3.05) is 6.79 Å². The van der Waals surface area contributed by atoms with Crippen LogP contribution in [-0.2, 0) is 0 Å². The average Bonchev–Trinajstić information content (AvgIpc) is 2.88. The Kier molecular flexibility index (Phi) is 1.66. The van der Waals surface area contributed by atoms with Crippen LogP contribution < -0.4 is 9.47 Å². The molecule has 3 rings (SSSR count). The van der Waals surface area contributed by atoms with Gasteiger partial charge in [0.25, 0.3) is 0 Å². The number of nitrogens with zero attached hydrogens (tertiary/aromatic N) is 1. The molecule has 2 aliphatic rings. The molecule has 0 bridgehead atoms. The number of ether oxygens (including phenoxy) is 2. The predicted octanol–water partition coefficient (Wildman–Crippen LogP) is 2.35. The zero-order chi connectivity index (χ0) is 10.4. The van der Waals surface area contributed by atoms with E-state index in [0.29, 0.717) is 12.7 Å². The van der Waals surface area contributed by atoms with Crippen LogP contribution in [0, 0.1) is 24.2 Å². The molecule has 76 valence electrons. The third kappa shape index (κ3) is 1.25. The summed E-state index contributed by atoms with van der Waals surface area (Å²) >= 11 is 0. The van der Waals surface area contributed by atoms with Crippen molar-refractivity contribution in [3.8, 4) is 17.6 Å². The second-order valence-corrected chi connectivity index (χ2v) is 4.14. The highest BCUT2D eigenvalue weighted by molar-refractivity contribution is 5.51. The highest BCUT2D eigenvalue weighted by Crippen LogP contribution is 2.50. The van der Waals surface area contributed by atoms with E-state index in [-0.39, 0.29) is 5.92 Å². The molecule has 0 radical (unpaired) electrons. The van der Waals surface area contributed by atoms with Crippen LogP contribution >= 0.6 is 0 Å². The van der Waals surface area contributed by atoms with Crippen LogP contribution in [-0.4, -0.2) is 6.79 Å². The van der Waals surface area contributed by atoms with Crippen molar-refractivity contribution < 1.29 is 9.47 Å². The minimum absolute atomic E-state index is 0.198. The molecule has 15 heavy (non-hydrogen) atoms. The lowest BCUT2D eigenvalue weighted by molar-refractivity contribution is 0.174. The number of hydrogen-bond donors (Lipinski definition) is 0. The first-order chi connectivity index (χ1) is 7.29. The normalized spacial score (nSPS) is 26.1. The number of hydrogen-bond acceptors (Lipinski definition) is 3. The second-order valence-electron chi connectivity index (χ2n) is 4.14. The second kappa shape index (κ2) is 2.90. The van der Waals surface area contributed by atoms with E-state index in [1.807, 2.05) is 12.1 Å². The summed E-state index contributed by atoms with van der Waals surface area (Å²) in [5.41, 5.74) is 2.44. The molecule has 1 aromatic carbocycles. The Bertz CT molecular complexity index is 461. The number of aryl methyl sites for hydroxylation is 1. The van der Waals surface area contributed by atoms with E-state index < -0.39 is 0 Å². The van der Waals surface area contributed by atoms with Gasteiger partial charge < -0.3 is 9.47 Å². The molecule has 0 aromatic heterocycles. The molecule has 1 aliphatic heterocycles. The van der Waals surface area contributed by atoms with Crippen molar-refractivity contribution in [3.05, 3.63) is 23.3 Å². The van der Waals surface area contributed by atoms with Gasteiger partial charge in [-0.2, -0.15) is 5.26 Å². The fraction of sp³-hybridized carbons (Fsp3) is 0.417. The van der Waals surface area contributed by atoms with Crippen LogP contribution in [0.2, 0.25) is 0 Å². The van der Waals surface area contributed by atoms with Crippen LogP contribution in [0.5, 0.6) is 11.5 Å². The lowest BCUT2D eigenvalue weighted by atomic mass is 10.0. The van der Waals surface area contributed by atoms with Crippen molar-refractivity contribution in [3.63, 3.8) is 0 Å². The van der Waals surface area contributed by atoms with E-state index in [1.54, 1.807) is 0 Å². The topological polar surface area (TPSA) is 42.2 Å². The maximum absolute atomic E-state index is 8.82. The summed E-state index contributed by atoms with van der Waals surface area (Å²) in [6.45, 7) is 2.37. The van der Waals surface area contributed by atoms with Gasteiger partial charge in [0.1, 0.15) is 0 Å². The molecule has 1 heterocycles. The van der Waals surface area contributed by atoms with Gasteiger partial charge in [0, 0.05) is 5.92 Å². The summed E-state index contributed by atoms with van der Waals surface area (Å²) in [5.74, 6) is 2.25. The molecule has 2 atom stereocenters. The van der Waals surface area contributed by atoms with Gasteiger partial charge in [-0.05, 0) is 36.6 Å². The summed E-state index contributed by atoms with van der Waals surface area (Å²) in [4.78, 5) is 0. The summed E-state index contributed by atoms with van der Waals surface area (Å²) in [5, 5.41) is 8.82. The lowest BCUT2D eigenvalue weighted by Crippen LogP contribution is -1.92. The molecule has 1 fully saturated rings. The zero-order valence-corrected chi connectivity index (χ0v) is 8.49. The summed E-state index contributed by atoms with van der Waals surface area (Å²) in [6, 6.07) is 6.34. The Morgan fingerprint density at radius 3 is 2.73 bits per heavy atom. The molecule has 1 saturated carbocycles. The molecular weight excluding hydrogens is 190 g/mol. The smallest absolute Gasteiger partial charge is 0.231 e. The third-order valence-corrected chi connectivity index (χ3v) is 3.12. The molecule has 1 aliphatic carbocycles. The van der Waals surface area contributed by atoms with Crippen molar-refractivity contribution in [1.29, 1.82) is 5.26 Å². The molecule has 0 spiro atoms. The minimum atomic E-state index is 0.198. The Balaban J connectivity index is 2.00. The first-order valence-corrected chi connectivity index (χ1v) is 5.09. The van der Waals surface area contributed by atoms with Gasteiger partial charge in [-0.1, -0.05) is 0 Å². The van der Waals surface area contributed by atoms with Gasteiger partial charge in [-0.3, -0.25) is 0 Å². The Morgan fingerprint density at radius 2 is 2.07 bits per heavy atom. The van der Waals surface area contributed by atoms with Gasteiger partial charge in [0.05, 0.1) is 12.0 Å². The summed E-state index contributed by atoms with van der Waals surface area (Å²) in [6.07, 6.45) is 0.983. The Morgan fingerprint density at radius 1 is 1.33 bits per heavy atom. The van der Waals surface area contributed by atoms with Crippen LogP contribution in [0.25, 0.3) is 0 Å². The van der Waals surface area contributed by atoms with Crippen molar-refractivity contribution in [1.82, 2.24) is 0 Å². The zero-order valence-electron chi connectivity index (χ0n) is 8.49. The number of rotatable bonds is 1. The third-order valence-electron chi connectivity index (χ3n) is 3.12. The lowest BCUT2D eigenvalue weighted by Gasteiger charge is -2.05. The van der Waals surface area contributed by atoms with E-state index in [9.17, 15) is 0 Å². The van der Waals surface area contributed by atoms with E-state index in [0.717, 1.165) is 17.9 Å². The standard InChI is InChI=1S/C12H11NO2/c1-7-2-11-12(15-6-14-11)4-9(7)10-3-8(10)5-13/h2,4,8,10H,3,6H2,1H3. The van der Waals surface area contributed by atoms with Crippen LogP contribution in [0.3, 0.4) is 0 Å². The number of benzene rings is 1. The molecule has 3 heteroatoms. The SMILES string of the molecule is Cc1cc2c(cc1C1CC1C#N)OCO2. The molecule has 1 aromatic rings. The number of fused-ring (bicyclic) bond motifs is 1. The number of nitriles is 1. The van der Waals surface area contributed by atoms with E-state index in [2.05, 4.69) is 13.0 Å². The van der Waals surface area contributed by atoms with Gasteiger partial charge in [-0.15, -0.1) is 0 Å². The molecule has 3 nitrogen and oxygen atoms in total. The summed E-state index contributed by atoms with van der Waals surface area (Å²) < 4.78 is 10.6. The Labute approximate surface area is 88.2 Å². The fourth-order valence-electron chi connectivity index (χ4n) is 2.14. The van der Waals surface area contributed by atoms with E-state index in [1.165, 1.54) is 11.1 Å². The summed E-state index contributed by atoms with van der Waals surface area (Å²) in [7, 11) is 0. The predicted molar refractivity (Wildman–Crippen MR) is 53.8 cm³/mol. The highest BCUT2D eigenvalue weighted by atomic mass is 16.7. The van der Waals surface area contributed by atoms with Gasteiger partial charge >= 0.3 is 0 Å². The maximum Gasteiger partial charge on any atom is 0.231 e. The van der Waals surface area contributed by atoms with E-state index >= 15 is 0 Å². The minimum Gasteiger partial charge on any atom is -0.454 e. The molecule has 2 unspecified atom stereocenters. The van der Waals surface area contributed by atoms with Crippen molar-refractivity contribution in [2.24, 2.45) is 5.92 Å². The maximum atomic E-state index is 8.82. The van der Waals surface area contributed by atoms with Gasteiger partial charge in [-0.25, -0.2) is 0 Å². The largest absolute Gasteiger partial charge is 0.454 e. The molecule has 0 N–H and O–H groups in total. The first kappa shape index (κ1) is 8.60. The molecule has 0 amide bonds. The van der Waals surface area contributed by atoms with Crippen LogP contribution in [0.15, 0.2) is 12.1 Å². The molecular formula is C12H11NO2. The van der Waals surface area contributed by atoms with Crippen molar-refractivity contribution >= 4 is 0 Å². The van der Waals surface area contributed by atoms with Gasteiger partial charge in [0.15, 0.2) is 11.5 Å². The van der Waals surface area contributed by atoms with Crippen LogP contribution in [0.4, 0.5) is 0 Å².